The number of aromatic nitrogens is 2. The highest BCUT2D eigenvalue weighted by Gasteiger charge is 2.34. The Morgan fingerprint density at radius 2 is 2.02 bits per heavy atom. The van der Waals surface area contributed by atoms with Crippen LogP contribution in [-0.2, 0) is 7.05 Å². The third-order valence-electron chi connectivity index (χ3n) is 7.34. The van der Waals surface area contributed by atoms with Crippen molar-refractivity contribution in [1.82, 2.24) is 19.4 Å². The fraction of sp³-hybridized carbons (Fsp3) is 0.367. The molecule has 0 radical (unpaired) electrons. The maximum absolute atomic E-state index is 14.3. The van der Waals surface area contributed by atoms with Crippen molar-refractivity contribution in [3.63, 3.8) is 0 Å². The van der Waals surface area contributed by atoms with Crippen molar-refractivity contribution >= 4 is 29.0 Å². The molecule has 0 bridgehead atoms. The number of aliphatic imine (C=N–C) groups is 1. The molecule has 0 spiro atoms. The van der Waals surface area contributed by atoms with Gasteiger partial charge in [-0.3, -0.25) is 4.79 Å². The highest BCUT2D eigenvalue weighted by molar-refractivity contribution is 6.34. The van der Waals surface area contributed by atoms with Gasteiger partial charge in [0.15, 0.2) is 23.2 Å². The average molecular weight is 583 g/mol. The minimum absolute atomic E-state index is 0.160. The van der Waals surface area contributed by atoms with Gasteiger partial charge in [0.1, 0.15) is 0 Å². The van der Waals surface area contributed by atoms with E-state index in [4.69, 9.17) is 16.3 Å². The number of halogens is 2. The molecule has 41 heavy (non-hydrogen) atoms. The molecule has 0 saturated carbocycles. The van der Waals surface area contributed by atoms with Crippen LogP contribution in [0.2, 0.25) is 5.02 Å². The molecule has 1 fully saturated rings. The van der Waals surface area contributed by atoms with Crippen LogP contribution >= 0.6 is 11.6 Å². The summed E-state index contributed by atoms with van der Waals surface area (Å²) in [6, 6.07) is 9.79. The molecular formula is C30H36ClFN6O3. The molecular weight excluding hydrogens is 547 g/mol. The normalized spacial score (nSPS) is 15.2. The molecule has 1 aliphatic heterocycles. The van der Waals surface area contributed by atoms with Crippen LogP contribution in [0.1, 0.15) is 35.4 Å². The molecule has 1 saturated heterocycles. The zero-order valence-corrected chi connectivity index (χ0v) is 24.6. The van der Waals surface area contributed by atoms with Crippen LogP contribution in [-0.4, -0.2) is 82.6 Å². The Morgan fingerprint density at radius 1 is 1.29 bits per heavy atom. The van der Waals surface area contributed by atoms with Crippen LogP contribution in [0.4, 0.5) is 10.1 Å². The number of hydrogen-bond acceptors (Lipinski definition) is 6. The number of nitrogens with zero attached hydrogens (tertiary/aromatic N) is 5. The van der Waals surface area contributed by atoms with E-state index in [0.717, 1.165) is 6.54 Å². The number of methoxy groups -OCH3 is 1. The van der Waals surface area contributed by atoms with Crippen LogP contribution in [0.5, 0.6) is 5.75 Å². The Morgan fingerprint density at radius 3 is 2.63 bits per heavy atom. The van der Waals surface area contributed by atoms with E-state index in [0.29, 0.717) is 71.5 Å². The number of ether oxygens (including phenoxy) is 1. The van der Waals surface area contributed by atoms with Gasteiger partial charge in [-0.2, -0.15) is 0 Å². The summed E-state index contributed by atoms with van der Waals surface area (Å²) >= 11 is 6.58. The topological polar surface area (TPSA) is 95.2 Å². The third-order valence-corrected chi connectivity index (χ3v) is 7.65. The van der Waals surface area contributed by atoms with Crippen molar-refractivity contribution in [2.24, 2.45) is 12.0 Å². The number of piperidine rings is 1. The van der Waals surface area contributed by atoms with Gasteiger partial charge in [-0.1, -0.05) is 18.2 Å². The molecule has 2 N–H and O–H groups in total. The number of benzene rings is 2. The quantitative estimate of drug-likeness (QED) is 0.278. The monoisotopic (exact) mass is 582 g/mol. The van der Waals surface area contributed by atoms with Crippen molar-refractivity contribution in [3.8, 4) is 17.0 Å². The van der Waals surface area contributed by atoms with Gasteiger partial charge in [0.05, 0.1) is 35.2 Å². The fourth-order valence-electron chi connectivity index (χ4n) is 4.84. The average Bonchev–Trinajstić information content (AvgIpc) is 3.33. The summed E-state index contributed by atoms with van der Waals surface area (Å²) in [5.74, 6) is 0.400. The van der Waals surface area contributed by atoms with E-state index >= 15 is 0 Å². The second-order valence-electron chi connectivity index (χ2n) is 10.4. The Hall–Kier alpha value is -3.73. The molecule has 2 aromatic carbocycles. The number of amides is 1. The first-order valence-corrected chi connectivity index (χ1v) is 13.7. The Kier molecular flexibility index (Phi) is 9.47. The standard InChI is InChI=1S/C30H36ClFN6O3/c1-6-33-27(28-34-19-25(37(28)4)20-7-10-26(41-5)24(32)17-20)35-21-8-9-22(23(31)18-21)29(39)38-15-12-30(40,13-16-38)11-14-36(2)3/h6-10,17-19,40H,1,11-16H2,2-5H3,(H,33,35). The predicted octanol–water partition coefficient (Wildman–Crippen LogP) is 4.81. The lowest BCUT2D eigenvalue weighted by Crippen LogP contribution is -2.47. The van der Waals surface area contributed by atoms with Gasteiger partial charge in [0.2, 0.25) is 0 Å². The van der Waals surface area contributed by atoms with Crippen molar-refractivity contribution in [2.45, 2.75) is 24.9 Å². The van der Waals surface area contributed by atoms with Crippen LogP contribution < -0.4 is 10.1 Å². The molecule has 1 amide bonds. The minimum atomic E-state index is -0.758. The van der Waals surface area contributed by atoms with E-state index in [1.165, 1.54) is 19.4 Å². The molecule has 0 atom stereocenters. The highest BCUT2D eigenvalue weighted by Crippen LogP contribution is 2.30. The largest absolute Gasteiger partial charge is 0.494 e. The first-order valence-electron chi connectivity index (χ1n) is 13.3. The number of amidine groups is 1. The molecule has 218 valence electrons. The van der Waals surface area contributed by atoms with Crippen LogP contribution in [0.15, 0.2) is 60.4 Å². The summed E-state index contributed by atoms with van der Waals surface area (Å²) < 4.78 is 21.1. The second-order valence-corrected chi connectivity index (χ2v) is 10.8. The van der Waals surface area contributed by atoms with Crippen molar-refractivity contribution < 1.29 is 19.0 Å². The van der Waals surface area contributed by atoms with Crippen LogP contribution in [0, 0.1) is 5.82 Å². The van der Waals surface area contributed by atoms with E-state index in [1.807, 2.05) is 19.0 Å². The molecule has 11 heteroatoms. The smallest absolute Gasteiger partial charge is 0.255 e. The number of imidazole rings is 1. The van der Waals surface area contributed by atoms with Crippen LogP contribution in [0.3, 0.4) is 0 Å². The third kappa shape index (κ3) is 6.95. The molecule has 0 aliphatic carbocycles. The number of likely N-dealkylation sites (tertiary alicyclic amines) is 1. The number of nitrogens with one attached hydrogen (secondary N) is 1. The van der Waals surface area contributed by atoms with Gasteiger partial charge in [0, 0.05) is 44.1 Å². The van der Waals surface area contributed by atoms with Gasteiger partial charge in [-0.05, 0) is 69.8 Å². The van der Waals surface area contributed by atoms with Gasteiger partial charge in [-0.25, -0.2) is 14.4 Å². The molecule has 0 unspecified atom stereocenters. The lowest BCUT2D eigenvalue weighted by molar-refractivity contribution is -0.0265. The number of carbonyl (C=O) groups excluding carboxylic acids is 1. The SMILES string of the molecule is C=C/N=C(/Nc1ccc(C(=O)N2CCC(O)(CCN(C)C)CC2)c(Cl)c1)c1ncc(-c2ccc(OC)c(F)c2)n1C. The van der Waals surface area contributed by atoms with E-state index in [2.05, 4.69) is 21.9 Å². The van der Waals surface area contributed by atoms with E-state index in [-0.39, 0.29) is 11.7 Å². The summed E-state index contributed by atoms with van der Waals surface area (Å²) in [5, 5.41) is 14.4. The molecule has 1 aliphatic rings. The predicted molar refractivity (Wildman–Crippen MR) is 160 cm³/mol. The summed E-state index contributed by atoms with van der Waals surface area (Å²) in [7, 11) is 7.18. The summed E-state index contributed by atoms with van der Waals surface area (Å²) in [5.41, 5.74) is 1.53. The van der Waals surface area contributed by atoms with E-state index in [9.17, 15) is 14.3 Å². The summed E-state index contributed by atoms with van der Waals surface area (Å²) in [6.45, 7) is 5.43. The van der Waals surface area contributed by atoms with E-state index in [1.54, 1.807) is 53.0 Å². The van der Waals surface area contributed by atoms with E-state index < -0.39 is 11.4 Å². The van der Waals surface area contributed by atoms with Crippen molar-refractivity contribution in [2.75, 3.05) is 46.2 Å². The number of carbonyl (C=O) groups is 1. The molecule has 9 nitrogen and oxygen atoms in total. The molecule has 3 aromatic rings. The lowest BCUT2D eigenvalue weighted by Gasteiger charge is -2.39. The summed E-state index contributed by atoms with van der Waals surface area (Å²) in [4.78, 5) is 25.9. The van der Waals surface area contributed by atoms with Gasteiger partial charge in [-0.15, -0.1) is 0 Å². The number of hydrogen-bond donors (Lipinski definition) is 2. The first kappa shape index (κ1) is 30.2. The Labute approximate surface area is 244 Å². The number of aliphatic hydroxyl groups is 1. The van der Waals surface area contributed by atoms with Gasteiger partial charge < -0.3 is 29.5 Å². The van der Waals surface area contributed by atoms with Gasteiger partial charge in [0.25, 0.3) is 5.91 Å². The Bertz CT molecular complexity index is 1450. The maximum Gasteiger partial charge on any atom is 0.255 e. The number of rotatable bonds is 9. The molecule has 2 heterocycles. The lowest BCUT2D eigenvalue weighted by atomic mass is 9.88. The molecule has 4 rings (SSSR count). The van der Waals surface area contributed by atoms with Crippen molar-refractivity contribution in [1.29, 1.82) is 0 Å². The maximum atomic E-state index is 14.3. The highest BCUT2D eigenvalue weighted by atomic mass is 35.5. The Balaban J connectivity index is 1.48. The summed E-state index contributed by atoms with van der Waals surface area (Å²) in [6.07, 6.45) is 4.75. The van der Waals surface area contributed by atoms with Crippen LogP contribution in [0.25, 0.3) is 11.3 Å². The number of anilines is 1. The fourth-order valence-corrected chi connectivity index (χ4v) is 5.10. The van der Waals surface area contributed by atoms with Crippen molar-refractivity contribution in [3.05, 3.63) is 77.6 Å². The minimum Gasteiger partial charge on any atom is -0.494 e. The zero-order valence-electron chi connectivity index (χ0n) is 23.8. The first-order chi connectivity index (χ1) is 19.5. The van der Waals surface area contributed by atoms with Gasteiger partial charge >= 0.3 is 0 Å². The molecule has 1 aromatic heterocycles. The second kappa shape index (κ2) is 12.8. The zero-order chi connectivity index (χ0) is 29.7.